The Morgan fingerprint density at radius 3 is 2.43 bits per heavy atom. The third-order valence-electron chi connectivity index (χ3n) is 3.84. The van der Waals surface area contributed by atoms with Gasteiger partial charge in [0.1, 0.15) is 5.69 Å². The van der Waals surface area contributed by atoms with E-state index in [1.54, 1.807) is 11.0 Å². The van der Waals surface area contributed by atoms with Crippen LogP contribution in [0.3, 0.4) is 0 Å². The van der Waals surface area contributed by atoms with Crippen molar-refractivity contribution in [2.45, 2.75) is 19.9 Å². The van der Waals surface area contributed by atoms with Gasteiger partial charge in [0.05, 0.1) is 10.5 Å². The van der Waals surface area contributed by atoms with Gasteiger partial charge in [0.25, 0.3) is 11.6 Å². The number of nitrogens with two attached hydrogens (primary N) is 1. The summed E-state index contributed by atoms with van der Waals surface area (Å²) in [5.41, 5.74) is 5.70. The second kappa shape index (κ2) is 6.09. The topological polar surface area (TPSA) is 92.7 Å². The van der Waals surface area contributed by atoms with E-state index in [9.17, 15) is 14.9 Å². The summed E-state index contributed by atoms with van der Waals surface area (Å²) >= 11 is 0. The van der Waals surface area contributed by atoms with E-state index in [-0.39, 0.29) is 22.8 Å². The largest absolute Gasteiger partial charge is 0.393 e. The fourth-order valence-corrected chi connectivity index (χ4v) is 2.51. The molecular formula is C14H20N4O3. The standard InChI is InChI=1S/C14H20N4O3/c1-10(2)16-6-8-17(9-7-16)14(19)11-4-3-5-12(13(11)15)18(20)21/h3-5,10H,6-9,15H2,1-2H3. The number of nitro groups is 1. The highest BCUT2D eigenvalue weighted by Crippen LogP contribution is 2.26. The molecule has 2 N–H and O–H groups in total. The molecule has 0 radical (unpaired) electrons. The lowest BCUT2D eigenvalue weighted by Crippen LogP contribution is -2.50. The van der Waals surface area contributed by atoms with Crippen LogP contribution in [0.4, 0.5) is 11.4 Å². The minimum atomic E-state index is -0.567. The molecule has 1 aliphatic heterocycles. The molecule has 0 spiro atoms. The van der Waals surface area contributed by atoms with Crippen molar-refractivity contribution in [3.05, 3.63) is 33.9 Å². The van der Waals surface area contributed by atoms with Crippen molar-refractivity contribution < 1.29 is 9.72 Å². The van der Waals surface area contributed by atoms with Crippen molar-refractivity contribution >= 4 is 17.3 Å². The van der Waals surface area contributed by atoms with E-state index in [0.717, 1.165) is 13.1 Å². The Kier molecular flexibility index (Phi) is 4.42. The lowest BCUT2D eigenvalue weighted by molar-refractivity contribution is -0.383. The molecule has 0 unspecified atom stereocenters. The summed E-state index contributed by atoms with van der Waals surface area (Å²) in [4.78, 5) is 26.8. The van der Waals surface area contributed by atoms with Crippen molar-refractivity contribution in [3.63, 3.8) is 0 Å². The Balaban J connectivity index is 2.15. The van der Waals surface area contributed by atoms with E-state index in [0.29, 0.717) is 19.1 Å². The predicted molar refractivity (Wildman–Crippen MR) is 80.1 cm³/mol. The monoisotopic (exact) mass is 292 g/mol. The number of carbonyl (C=O) groups is 1. The Morgan fingerprint density at radius 1 is 1.29 bits per heavy atom. The maximum absolute atomic E-state index is 12.5. The summed E-state index contributed by atoms with van der Waals surface area (Å²) in [6.45, 7) is 7.07. The molecule has 0 atom stereocenters. The van der Waals surface area contributed by atoms with Gasteiger partial charge in [0, 0.05) is 38.3 Å². The van der Waals surface area contributed by atoms with E-state index < -0.39 is 4.92 Å². The first-order valence-electron chi connectivity index (χ1n) is 6.98. The predicted octanol–water partition coefficient (Wildman–Crippen LogP) is 1.34. The second-order valence-electron chi connectivity index (χ2n) is 5.42. The van der Waals surface area contributed by atoms with E-state index >= 15 is 0 Å². The van der Waals surface area contributed by atoms with Gasteiger partial charge in [0.15, 0.2) is 0 Å². The molecule has 1 aromatic carbocycles. The molecule has 2 rings (SSSR count). The minimum Gasteiger partial charge on any atom is -0.393 e. The van der Waals surface area contributed by atoms with Gasteiger partial charge in [-0.05, 0) is 19.9 Å². The number of anilines is 1. The zero-order valence-corrected chi connectivity index (χ0v) is 12.3. The summed E-state index contributed by atoms with van der Waals surface area (Å²) in [5.74, 6) is -0.236. The van der Waals surface area contributed by atoms with Gasteiger partial charge in [0.2, 0.25) is 0 Å². The van der Waals surface area contributed by atoms with Crippen LogP contribution in [0.25, 0.3) is 0 Å². The van der Waals surface area contributed by atoms with Gasteiger partial charge < -0.3 is 10.6 Å². The highest BCUT2D eigenvalue weighted by molar-refractivity contribution is 6.01. The van der Waals surface area contributed by atoms with Crippen LogP contribution in [-0.2, 0) is 0 Å². The van der Waals surface area contributed by atoms with Crippen molar-refractivity contribution in [1.29, 1.82) is 0 Å². The zero-order chi connectivity index (χ0) is 15.6. The van der Waals surface area contributed by atoms with E-state index in [4.69, 9.17) is 5.73 Å². The molecule has 0 aliphatic carbocycles. The Bertz CT molecular complexity index is 551. The van der Waals surface area contributed by atoms with Crippen LogP contribution in [0.15, 0.2) is 18.2 Å². The maximum Gasteiger partial charge on any atom is 0.292 e. The number of nitrogens with zero attached hydrogens (tertiary/aromatic N) is 3. The molecule has 0 saturated carbocycles. The third-order valence-corrected chi connectivity index (χ3v) is 3.84. The van der Waals surface area contributed by atoms with Gasteiger partial charge in [-0.1, -0.05) is 6.07 Å². The summed E-state index contributed by atoms with van der Waals surface area (Å²) in [6.07, 6.45) is 0. The molecular weight excluding hydrogens is 272 g/mol. The number of piperazine rings is 1. The van der Waals surface area contributed by atoms with Gasteiger partial charge >= 0.3 is 0 Å². The Labute approximate surface area is 123 Å². The van der Waals surface area contributed by atoms with Crippen LogP contribution < -0.4 is 5.73 Å². The molecule has 1 fully saturated rings. The van der Waals surface area contributed by atoms with Crippen LogP contribution in [0.2, 0.25) is 0 Å². The van der Waals surface area contributed by atoms with E-state index in [1.807, 2.05) is 0 Å². The number of nitro benzene ring substituents is 1. The third kappa shape index (κ3) is 3.13. The smallest absolute Gasteiger partial charge is 0.292 e. The molecule has 7 nitrogen and oxygen atoms in total. The number of carbonyl (C=O) groups excluding carboxylic acids is 1. The van der Waals surface area contributed by atoms with Crippen LogP contribution in [0.5, 0.6) is 0 Å². The number of benzene rings is 1. The van der Waals surface area contributed by atoms with Gasteiger partial charge in [-0.2, -0.15) is 0 Å². The van der Waals surface area contributed by atoms with Crippen LogP contribution in [0, 0.1) is 10.1 Å². The summed E-state index contributed by atoms with van der Waals surface area (Å²) in [6, 6.07) is 4.79. The fraction of sp³-hybridized carbons (Fsp3) is 0.500. The van der Waals surface area contributed by atoms with Crippen molar-refractivity contribution in [3.8, 4) is 0 Å². The number of para-hydroxylation sites is 1. The molecule has 1 heterocycles. The molecule has 1 aromatic rings. The molecule has 1 aliphatic rings. The Morgan fingerprint density at radius 2 is 1.90 bits per heavy atom. The average molecular weight is 292 g/mol. The summed E-state index contributed by atoms with van der Waals surface area (Å²) < 4.78 is 0. The highest BCUT2D eigenvalue weighted by Gasteiger charge is 2.26. The number of hydrogen-bond acceptors (Lipinski definition) is 5. The number of rotatable bonds is 3. The molecule has 1 saturated heterocycles. The molecule has 1 amide bonds. The first kappa shape index (κ1) is 15.2. The van der Waals surface area contributed by atoms with Crippen LogP contribution >= 0.6 is 0 Å². The fourth-order valence-electron chi connectivity index (χ4n) is 2.51. The molecule has 0 bridgehead atoms. The zero-order valence-electron chi connectivity index (χ0n) is 12.3. The molecule has 0 aromatic heterocycles. The quantitative estimate of drug-likeness (QED) is 0.515. The van der Waals surface area contributed by atoms with Gasteiger partial charge in [-0.3, -0.25) is 19.8 Å². The summed E-state index contributed by atoms with van der Waals surface area (Å²) in [5, 5.41) is 10.9. The van der Waals surface area contributed by atoms with E-state index in [2.05, 4.69) is 18.7 Å². The van der Waals surface area contributed by atoms with Crippen LogP contribution in [0.1, 0.15) is 24.2 Å². The second-order valence-corrected chi connectivity index (χ2v) is 5.42. The average Bonchev–Trinajstić information content (AvgIpc) is 2.46. The Hall–Kier alpha value is -2.15. The molecule has 21 heavy (non-hydrogen) atoms. The van der Waals surface area contributed by atoms with Crippen molar-refractivity contribution in [2.75, 3.05) is 31.9 Å². The molecule has 7 heteroatoms. The molecule has 114 valence electrons. The number of nitrogen functional groups attached to an aromatic ring is 1. The van der Waals surface area contributed by atoms with E-state index in [1.165, 1.54) is 12.1 Å². The lowest BCUT2D eigenvalue weighted by atomic mass is 10.1. The highest BCUT2D eigenvalue weighted by atomic mass is 16.6. The number of hydrogen-bond donors (Lipinski definition) is 1. The minimum absolute atomic E-state index is 0.0567. The lowest BCUT2D eigenvalue weighted by Gasteiger charge is -2.37. The van der Waals surface area contributed by atoms with Gasteiger partial charge in [-0.15, -0.1) is 0 Å². The van der Waals surface area contributed by atoms with Crippen molar-refractivity contribution in [2.24, 2.45) is 0 Å². The number of amides is 1. The van der Waals surface area contributed by atoms with Crippen LogP contribution in [-0.4, -0.2) is 52.9 Å². The first-order valence-corrected chi connectivity index (χ1v) is 6.98. The van der Waals surface area contributed by atoms with Crippen molar-refractivity contribution in [1.82, 2.24) is 9.80 Å². The maximum atomic E-state index is 12.5. The normalized spacial score (nSPS) is 16.2. The summed E-state index contributed by atoms with van der Waals surface area (Å²) in [7, 11) is 0. The van der Waals surface area contributed by atoms with Gasteiger partial charge in [-0.25, -0.2) is 0 Å². The first-order chi connectivity index (χ1) is 9.91. The SMILES string of the molecule is CC(C)N1CCN(C(=O)c2cccc([N+](=O)[O-])c2N)CC1.